The van der Waals surface area contributed by atoms with Crippen LogP contribution in [-0.4, -0.2) is 49.0 Å². The lowest BCUT2D eigenvalue weighted by Crippen LogP contribution is -2.44. The van der Waals surface area contributed by atoms with Gasteiger partial charge in [0.2, 0.25) is 5.91 Å². The molecular formula is C20H22N4O3. The van der Waals surface area contributed by atoms with Crippen molar-refractivity contribution in [1.82, 2.24) is 4.90 Å². The largest absolute Gasteiger partial charge is 0.369 e. The number of non-ortho nitro benzene ring substituents is 1. The average Bonchev–Trinajstić information content (AvgIpc) is 2.68. The van der Waals surface area contributed by atoms with E-state index >= 15 is 0 Å². The van der Waals surface area contributed by atoms with Crippen molar-refractivity contribution in [3.8, 4) is 0 Å². The number of nitrogens with zero attached hydrogens (tertiary/aromatic N) is 3. The second-order valence-corrected chi connectivity index (χ2v) is 6.51. The minimum absolute atomic E-state index is 0.00273. The predicted molar refractivity (Wildman–Crippen MR) is 107 cm³/mol. The van der Waals surface area contributed by atoms with Crippen molar-refractivity contribution < 1.29 is 9.72 Å². The fourth-order valence-electron chi connectivity index (χ4n) is 2.92. The highest BCUT2D eigenvalue weighted by atomic mass is 16.6. The predicted octanol–water partition coefficient (Wildman–Crippen LogP) is 3.00. The number of benzene rings is 2. The molecule has 1 saturated heterocycles. The van der Waals surface area contributed by atoms with E-state index in [0.717, 1.165) is 31.9 Å². The van der Waals surface area contributed by atoms with Crippen LogP contribution in [-0.2, 0) is 4.79 Å². The fourth-order valence-corrected chi connectivity index (χ4v) is 2.92. The molecule has 0 spiro atoms. The van der Waals surface area contributed by atoms with E-state index in [0.29, 0.717) is 11.3 Å². The summed E-state index contributed by atoms with van der Waals surface area (Å²) in [7, 11) is 2.12. The Bertz CT molecular complexity index is 841. The fraction of sp³-hybridized carbons (Fsp3) is 0.250. The third kappa shape index (κ3) is 5.15. The highest BCUT2D eigenvalue weighted by Crippen LogP contribution is 2.19. The number of hydrogen-bond acceptors (Lipinski definition) is 5. The third-order valence-corrected chi connectivity index (χ3v) is 4.51. The second kappa shape index (κ2) is 8.46. The molecule has 0 radical (unpaired) electrons. The molecule has 1 aliphatic rings. The quantitative estimate of drug-likeness (QED) is 0.500. The summed E-state index contributed by atoms with van der Waals surface area (Å²) >= 11 is 0. The van der Waals surface area contributed by atoms with Gasteiger partial charge in [0.25, 0.3) is 5.69 Å². The Labute approximate surface area is 158 Å². The first-order valence-electron chi connectivity index (χ1n) is 8.78. The molecule has 3 rings (SSSR count). The van der Waals surface area contributed by atoms with Gasteiger partial charge in [0.05, 0.1) is 4.92 Å². The van der Waals surface area contributed by atoms with Gasteiger partial charge in [-0.2, -0.15) is 0 Å². The van der Waals surface area contributed by atoms with Crippen LogP contribution in [0.4, 0.5) is 17.1 Å². The number of likely N-dealkylation sites (N-methyl/N-ethyl adjacent to an activating group) is 1. The smallest absolute Gasteiger partial charge is 0.270 e. The van der Waals surface area contributed by atoms with Crippen molar-refractivity contribution in [3.63, 3.8) is 0 Å². The number of nitro groups is 1. The Morgan fingerprint density at radius 2 is 1.81 bits per heavy atom. The summed E-state index contributed by atoms with van der Waals surface area (Å²) in [6.45, 7) is 4.07. The van der Waals surface area contributed by atoms with Crippen LogP contribution >= 0.6 is 0 Å². The molecule has 1 N–H and O–H groups in total. The van der Waals surface area contributed by atoms with E-state index in [-0.39, 0.29) is 11.6 Å². The molecule has 1 fully saturated rings. The molecule has 0 aromatic heterocycles. The first kappa shape index (κ1) is 18.6. The zero-order valence-electron chi connectivity index (χ0n) is 15.2. The molecule has 0 bridgehead atoms. The van der Waals surface area contributed by atoms with E-state index in [1.807, 2.05) is 24.3 Å². The Kier molecular flexibility index (Phi) is 5.83. The standard InChI is InChI=1S/C20H22N4O3/c1-22-11-13-23(14-12-22)18-8-6-17(7-9-18)21-20(25)10-5-16-3-2-4-19(15-16)24(26)27/h2-10,15H,11-14H2,1H3,(H,21,25)/b10-5+. The van der Waals surface area contributed by atoms with Crippen molar-refractivity contribution in [2.75, 3.05) is 43.4 Å². The summed E-state index contributed by atoms with van der Waals surface area (Å²) in [4.78, 5) is 27.0. The Balaban J connectivity index is 1.57. The maximum Gasteiger partial charge on any atom is 0.270 e. The van der Waals surface area contributed by atoms with E-state index in [9.17, 15) is 14.9 Å². The van der Waals surface area contributed by atoms with Crippen molar-refractivity contribution >= 4 is 29.0 Å². The third-order valence-electron chi connectivity index (χ3n) is 4.51. The SMILES string of the molecule is CN1CCN(c2ccc(NC(=O)/C=C/c3cccc([N+](=O)[O-])c3)cc2)CC1. The maximum atomic E-state index is 12.1. The molecule has 0 saturated carbocycles. The van der Waals surface area contributed by atoms with Crippen LogP contribution in [0.15, 0.2) is 54.6 Å². The number of hydrogen-bond donors (Lipinski definition) is 1. The second-order valence-electron chi connectivity index (χ2n) is 6.51. The van der Waals surface area contributed by atoms with Crippen LogP contribution in [0, 0.1) is 10.1 Å². The van der Waals surface area contributed by atoms with Gasteiger partial charge in [0.15, 0.2) is 0 Å². The van der Waals surface area contributed by atoms with E-state index in [1.54, 1.807) is 18.2 Å². The zero-order valence-corrected chi connectivity index (χ0v) is 15.2. The summed E-state index contributed by atoms with van der Waals surface area (Å²) in [6.07, 6.45) is 2.92. The molecule has 1 amide bonds. The molecule has 2 aromatic carbocycles. The van der Waals surface area contributed by atoms with Gasteiger partial charge < -0.3 is 15.1 Å². The summed E-state index contributed by atoms with van der Waals surface area (Å²) in [6, 6.07) is 13.9. The van der Waals surface area contributed by atoms with Gasteiger partial charge >= 0.3 is 0 Å². The van der Waals surface area contributed by atoms with Crippen molar-refractivity contribution in [1.29, 1.82) is 0 Å². The van der Waals surface area contributed by atoms with Gasteiger partial charge in [-0.15, -0.1) is 0 Å². The number of amides is 1. The Morgan fingerprint density at radius 1 is 1.11 bits per heavy atom. The summed E-state index contributed by atoms with van der Waals surface area (Å²) in [5.74, 6) is -0.283. The molecule has 1 aliphatic heterocycles. The van der Waals surface area contributed by atoms with Crippen molar-refractivity contribution in [2.45, 2.75) is 0 Å². The molecule has 1 heterocycles. The number of rotatable bonds is 5. The Morgan fingerprint density at radius 3 is 2.48 bits per heavy atom. The highest BCUT2D eigenvalue weighted by molar-refractivity contribution is 6.02. The minimum Gasteiger partial charge on any atom is -0.369 e. The van der Waals surface area contributed by atoms with Gasteiger partial charge in [0.1, 0.15) is 0 Å². The van der Waals surface area contributed by atoms with E-state index in [2.05, 4.69) is 22.2 Å². The monoisotopic (exact) mass is 366 g/mol. The molecule has 140 valence electrons. The molecule has 7 heteroatoms. The Hall–Kier alpha value is -3.19. The normalized spacial score (nSPS) is 15.1. The lowest BCUT2D eigenvalue weighted by atomic mass is 10.2. The van der Waals surface area contributed by atoms with Crippen LogP contribution in [0.2, 0.25) is 0 Å². The van der Waals surface area contributed by atoms with Gasteiger partial charge in [-0.1, -0.05) is 12.1 Å². The summed E-state index contributed by atoms with van der Waals surface area (Å²) < 4.78 is 0. The van der Waals surface area contributed by atoms with E-state index < -0.39 is 4.92 Å². The van der Waals surface area contributed by atoms with Gasteiger partial charge in [-0.3, -0.25) is 14.9 Å². The molecule has 27 heavy (non-hydrogen) atoms. The first-order valence-corrected chi connectivity index (χ1v) is 8.78. The molecule has 7 nitrogen and oxygen atoms in total. The van der Waals surface area contributed by atoms with Crippen molar-refractivity contribution in [3.05, 3.63) is 70.3 Å². The van der Waals surface area contributed by atoms with Crippen molar-refractivity contribution in [2.24, 2.45) is 0 Å². The lowest BCUT2D eigenvalue weighted by Gasteiger charge is -2.34. The number of nitro benzene ring substituents is 1. The van der Waals surface area contributed by atoms with Gasteiger partial charge in [-0.25, -0.2) is 0 Å². The van der Waals surface area contributed by atoms with E-state index in [1.165, 1.54) is 18.2 Å². The zero-order chi connectivity index (χ0) is 19.2. The van der Waals surface area contributed by atoms with Crippen LogP contribution < -0.4 is 10.2 Å². The van der Waals surface area contributed by atoms with Crippen LogP contribution in [0.5, 0.6) is 0 Å². The molecule has 2 aromatic rings. The number of nitrogens with one attached hydrogen (secondary N) is 1. The molecule has 0 aliphatic carbocycles. The molecule has 0 unspecified atom stereocenters. The van der Waals surface area contributed by atoms with Crippen LogP contribution in [0.3, 0.4) is 0 Å². The number of carbonyl (C=O) groups is 1. The lowest BCUT2D eigenvalue weighted by molar-refractivity contribution is -0.384. The maximum absolute atomic E-state index is 12.1. The highest BCUT2D eigenvalue weighted by Gasteiger charge is 2.14. The topological polar surface area (TPSA) is 78.7 Å². The first-order chi connectivity index (χ1) is 13.0. The molecular weight excluding hydrogens is 344 g/mol. The summed E-state index contributed by atoms with van der Waals surface area (Å²) in [5, 5.41) is 13.6. The van der Waals surface area contributed by atoms with Crippen LogP contribution in [0.25, 0.3) is 6.08 Å². The van der Waals surface area contributed by atoms with Gasteiger partial charge in [-0.05, 0) is 43.0 Å². The minimum atomic E-state index is -0.459. The summed E-state index contributed by atoms with van der Waals surface area (Å²) in [5.41, 5.74) is 2.46. The number of piperazine rings is 1. The number of carbonyl (C=O) groups excluding carboxylic acids is 1. The number of anilines is 2. The van der Waals surface area contributed by atoms with Gasteiger partial charge in [0, 0.05) is 55.8 Å². The molecule has 0 atom stereocenters. The van der Waals surface area contributed by atoms with E-state index in [4.69, 9.17) is 0 Å². The average molecular weight is 366 g/mol. The van der Waals surface area contributed by atoms with Crippen LogP contribution in [0.1, 0.15) is 5.56 Å².